The van der Waals surface area contributed by atoms with Crippen molar-refractivity contribution in [2.75, 3.05) is 5.32 Å². The molecule has 0 saturated heterocycles. The molecule has 0 heterocycles. The molecule has 0 saturated carbocycles. The van der Waals surface area contributed by atoms with Crippen molar-refractivity contribution in [3.8, 4) is 17.6 Å². The molecule has 0 fully saturated rings. The molecule has 98 valence electrons. The minimum absolute atomic E-state index is 0.264. The van der Waals surface area contributed by atoms with Crippen LogP contribution in [0.15, 0.2) is 61.2 Å². The highest BCUT2D eigenvalue weighted by Gasteiger charge is 2.00. The van der Waals surface area contributed by atoms with Gasteiger partial charge >= 0.3 is 0 Å². The van der Waals surface area contributed by atoms with Crippen molar-refractivity contribution < 1.29 is 9.53 Å². The summed E-state index contributed by atoms with van der Waals surface area (Å²) in [5.41, 5.74) is 1.20. The van der Waals surface area contributed by atoms with E-state index >= 15 is 0 Å². The Hall–Kier alpha value is -3.06. The van der Waals surface area contributed by atoms with E-state index in [1.165, 1.54) is 6.08 Å². The van der Waals surface area contributed by atoms with Gasteiger partial charge in [0.15, 0.2) is 0 Å². The molecule has 20 heavy (non-hydrogen) atoms. The van der Waals surface area contributed by atoms with Gasteiger partial charge in [0.1, 0.15) is 11.5 Å². The molecule has 0 atom stereocenters. The first-order chi connectivity index (χ1) is 9.71. The molecule has 4 nitrogen and oxygen atoms in total. The monoisotopic (exact) mass is 264 g/mol. The number of amides is 1. The molecule has 0 aliphatic heterocycles. The Kier molecular flexibility index (Phi) is 4.15. The summed E-state index contributed by atoms with van der Waals surface area (Å²) in [6.45, 7) is 3.38. The zero-order valence-electron chi connectivity index (χ0n) is 10.7. The fraction of sp³-hybridized carbons (Fsp3) is 0. The predicted molar refractivity (Wildman–Crippen MR) is 76.5 cm³/mol. The van der Waals surface area contributed by atoms with E-state index in [4.69, 9.17) is 10.00 Å². The van der Waals surface area contributed by atoms with Gasteiger partial charge in [0.2, 0.25) is 5.91 Å². The maximum atomic E-state index is 11.1. The number of carbonyl (C=O) groups excluding carboxylic acids is 1. The van der Waals surface area contributed by atoms with Gasteiger partial charge in [-0.05, 0) is 48.5 Å². The number of carbonyl (C=O) groups is 1. The van der Waals surface area contributed by atoms with Crippen molar-refractivity contribution in [2.24, 2.45) is 0 Å². The Labute approximate surface area is 116 Å². The lowest BCUT2D eigenvalue weighted by Gasteiger charge is -2.07. The molecule has 4 heteroatoms. The second-order valence-electron chi connectivity index (χ2n) is 3.96. The van der Waals surface area contributed by atoms with Crippen LogP contribution in [0.1, 0.15) is 5.56 Å². The first-order valence-electron chi connectivity index (χ1n) is 5.93. The van der Waals surface area contributed by atoms with E-state index in [0.717, 1.165) is 0 Å². The molecule has 0 radical (unpaired) electrons. The zero-order chi connectivity index (χ0) is 14.4. The van der Waals surface area contributed by atoms with Crippen LogP contribution < -0.4 is 10.1 Å². The Balaban J connectivity index is 2.08. The van der Waals surface area contributed by atoms with E-state index in [0.29, 0.717) is 22.7 Å². The van der Waals surface area contributed by atoms with Gasteiger partial charge in [-0.25, -0.2) is 0 Å². The van der Waals surface area contributed by atoms with Gasteiger partial charge in [0, 0.05) is 5.69 Å². The number of nitrogens with one attached hydrogen (secondary N) is 1. The Morgan fingerprint density at radius 2 is 1.95 bits per heavy atom. The summed E-state index contributed by atoms with van der Waals surface area (Å²) in [5.74, 6) is 0.948. The fourth-order valence-corrected chi connectivity index (χ4v) is 1.56. The van der Waals surface area contributed by atoms with Crippen LogP contribution in [-0.2, 0) is 4.79 Å². The number of nitriles is 1. The van der Waals surface area contributed by atoms with Gasteiger partial charge in [-0.15, -0.1) is 0 Å². The van der Waals surface area contributed by atoms with Gasteiger partial charge in [-0.3, -0.25) is 4.79 Å². The van der Waals surface area contributed by atoms with Crippen LogP contribution in [0, 0.1) is 11.3 Å². The highest BCUT2D eigenvalue weighted by Crippen LogP contribution is 2.23. The molecular formula is C16H12N2O2. The number of benzene rings is 2. The summed E-state index contributed by atoms with van der Waals surface area (Å²) >= 11 is 0. The standard InChI is InChI=1S/C16H12N2O2/c1-2-16(19)18-13-6-8-14(9-7-13)20-15-5-3-4-12(10-15)11-17/h2-10H,1H2,(H,18,19). The van der Waals surface area contributed by atoms with Gasteiger partial charge < -0.3 is 10.1 Å². The molecule has 0 aromatic heterocycles. The zero-order valence-corrected chi connectivity index (χ0v) is 10.7. The van der Waals surface area contributed by atoms with E-state index < -0.39 is 0 Å². The molecule has 0 spiro atoms. The molecule has 1 N–H and O–H groups in total. The van der Waals surface area contributed by atoms with Crippen LogP contribution in [0.5, 0.6) is 11.5 Å². The molecule has 2 aromatic carbocycles. The van der Waals surface area contributed by atoms with Crippen LogP contribution in [0.3, 0.4) is 0 Å². The quantitative estimate of drug-likeness (QED) is 0.860. The van der Waals surface area contributed by atoms with Crippen molar-refractivity contribution >= 4 is 11.6 Å². The number of hydrogen-bond donors (Lipinski definition) is 1. The van der Waals surface area contributed by atoms with Crippen LogP contribution in [0.25, 0.3) is 0 Å². The minimum atomic E-state index is -0.264. The van der Waals surface area contributed by atoms with Crippen LogP contribution in [0.2, 0.25) is 0 Å². The molecule has 0 aliphatic carbocycles. The van der Waals surface area contributed by atoms with Crippen LogP contribution in [0.4, 0.5) is 5.69 Å². The summed E-state index contributed by atoms with van der Waals surface area (Å²) in [5, 5.41) is 11.5. The van der Waals surface area contributed by atoms with E-state index in [9.17, 15) is 4.79 Å². The molecule has 0 unspecified atom stereocenters. The molecule has 1 amide bonds. The van der Waals surface area contributed by atoms with Crippen molar-refractivity contribution in [3.05, 3.63) is 66.7 Å². The van der Waals surface area contributed by atoms with Crippen molar-refractivity contribution in [1.82, 2.24) is 0 Å². The maximum Gasteiger partial charge on any atom is 0.247 e. The average Bonchev–Trinajstić information content (AvgIpc) is 2.49. The number of nitrogens with zero attached hydrogens (tertiary/aromatic N) is 1. The summed E-state index contributed by atoms with van der Waals surface area (Å²) in [7, 11) is 0. The number of rotatable bonds is 4. The molecule has 0 aliphatic rings. The first kappa shape index (κ1) is 13.4. The van der Waals surface area contributed by atoms with Crippen molar-refractivity contribution in [3.63, 3.8) is 0 Å². The largest absolute Gasteiger partial charge is 0.457 e. The Morgan fingerprint density at radius 1 is 1.20 bits per heavy atom. The van der Waals surface area contributed by atoms with Gasteiger partial charge in [-0.2, -0.15) is 5.26 Å². The Morgan fingerprint density at radius 3 is 2.60 bits per heavy atom. The summed E-state index contributed by atoms with van der Waals surface area (Å²) in [6, 6.07) is 15.9. The normalized spacial score (nSPS) is 9.35. The maximum absolute atomic E-state index is 11.1. The third-order valence-corrected chi connectivity index (χ3v) is 2.51. The van der Waals surface area contributed by atoms with Crippen molar-refractivity contribution in [2.45, 2.75) is 0 Å². The summed E-state index contributed by atoms with van der Waals surface area (Å²) in [6.07, 6.45) is 1.21. The highest BCUT2D eigenvalue weighted by molar-refractivity contribution is 5.98. The number of ether oxygens (including phenoxy) is 1. The SMILES string of the molecule is C=CC(=O)Nc1ccc(Oc2cccc(C#N)c2)cc1. The topological polar surface area (TPSA) is 62.1 Å². The van der Waals surface area contributed by atoms with E-state index in [1.54, 1.807) is 48.5 Å². The molecular weight excluding hydrogens is 252 g/mol. The van der Waals surface area contributed by atoms with Crippen LogP contribution in [-0.4, -0.2) is 5.91 Å². The highest BCUT2D eigenvalue weighted by atomic mass is 16.5. The second-order valence-corrected chi connectivity index (χ2v) is 3.96. The van der Waals surface area contributed by atoms with E-state index in [2.05, 4.69) is 18.0 Å². The predicted octanol–water partition coefficient (Wildman–Crippen LogP) is 3.48. The third kappa shape index (κ3) is 3.47. The van der Waals surface area contributed by atoms with Gasteiger partial charge in [0.05, 0.1) is 11.6 Å². The molecule has 2 rings (SSSR count). The molecule has 0 bridgehead atoms. The smallest absolute Gasteiger partial charge is 0.247 e. The first-order valence-corrected chi connectivity index (χ1v) is 5.93. The third-order valence-electron chi connectivity index (χ3n) is 2.51. The minimum Gasteiger partial charge on any atom is -0.457 e. The number of hydrogen-bond acceptors (Lipinski definition) is 3. The lowest BCUT2D eigenvalue weighted by molar-refractivity contribution is -0.111. The molecule has 2 aromatic rings. The second kappa shape index (κ2) is 6.21. The van der Waals surface area contributed by atoms with E-state index in [-0.39, 0.29) is 5.91 Å². The van der Waals surface area contributed by atoms with Crippen molar-refractivity contribution in [1.29, 1.82) is 5.26 Å². The summed E-state index contributed by atoms with van der Waals surface area (Å²) in [4.78, 5) is 11.1. The van der Waals surface area contributed by atoms with Gasteiger partial charge in [0.25, 0.3) is 0 Å². The average molecular weight is 264 g/mol. The van der Waals surface area contributed by atoms with Gasteiger partial charge in [-0.1, -0.05) is 12.6 Å². The lowest BCUT2D eigenvalue weighted by Crippen LogP contribution is -2.06. The summed E-state index contributed by atoms with van der Waals surface area (Å²) < 4.78 is 5.62. The van der Waals surface area contributed by atoms with E-state index in [1.807, 2.05) is 0 Å². The Bertz CT molecular complexity index is 670. The lowest BCUT2D eigenvalue weighted by atomic mass is 10.2. The number of anilines is 1. The van der Waals surface area contributed by atoms with Crippen LogP contribution >= 0.6 is 0 Å². The fourth-order valence-electron chi connectivity index (χ4n) is 1.56.